The maximum absolute atomic E-state index is 13.2. The van der Waals surface area contributed by atoms with E-state index in [0.29, 0.717) is 22.2 Å². The summed E-state index contributed by atoms with van der Waals surface area (Å²) in [5, 5.41) is 5.09. The molecule has 1 aliphatic carbocycles. The van der Waals surface area contributed by atoms with Gasteiger partial charge in [0.1, 0.15) is 10.6 Å². The van der Waals surface area contributed by atoms with Gasteiger partial charge in [-0.3, -0.25) is 9.40 Å². The molecule has 0 atom stereocenters. The zero-order valence-electron chi connectivity index (χ0n) is 16.1. The zero-order valence-corrected chi connectivity index (χ0v) is 17.7. The maximum atomic E-state index is 13.2. The van der Waals surface area contributed by atoms with Gasteiger partial charge in [0, 0.05) is 16.6 Å². The predicted octanol–water partition coefficient (Wildman–Crippen LogP) is 4.76. The van der Waals surface area contributed by atoms with Gasteiger partial charge in [-0.2, -0.15) is 5.10 Å². The molecule has 0 spiro atoms. The minimum Gasteiger partial charge on any atom is -0.495 e. The predicted molar refractivity (Wildman–Crippen MR) is 107 cm³/mol. The van der Waals surface area contributed by atoms with Crippen LogP contribution in [0.4, 0.5) is 5.69 Å². The fourth-order valence-electron chi connectivity index (χ4n) is 3.41. The molecule has 1 aliphatic rings. The molecule has 0 amide bonds. The Morgan fingerprint density at radius 2 is 1.93 bits per heavy atom. The summed E-state index contributed by atoms with van der Waals surface area (Å²) in [5.41, 5.74) is 0.452. The lowest BCUT2D eigenvalue weighted by molar-refractivity contribution is 0.417. The van der Waals surface area contributed by atoms with Crippen LogP contribution in [0.1, 0.15) is 58.2 Å². The first-order valence-electron chi connectivity index (χ1n) is 9.08. The number of methoxy groups -OCH3 is 1. The molecule has 6 nitrogen and oxygen atoms in total. The third kappa shape index (κ3) is 4.24. The summed E-state index contributed by atoms with van der Waals surface area (Å²) in [7, 11) is -2.37. The number of ether oxygens (including phenoxy) is 1. The molecule has 2 aromatic rings. The Kier molecular flexibility index (Phi) is 5.45. The molecule has 1 N–H and O–H groups in total. The van der Waals surface area contributed by atoms with E-state index in [1.807, 2.05) is 25.5 Å². The van der Waals surface area contributed by atoms with E-state index in [0.717, 1.165) is 25.7 Å². The van der Waals surface area contributed by atoms with Gasteiger partial charge in [-0.25, -0.2) is 8.42 Å². The minimum absolute atomic E-state index is 0.198. The Balaban J connectivity index is 2.04. The molecule has 0 radical (unpaired) electrons. The van der Waals surface area contributed by atoms with E-state index >= 15 is 0 Å². The van der Waals surface area contributed by atoms with Crippen LogP contribution in [-0.4, -0.2) is 25.3 Å². The molecule has 0 bridgehead atoms. The molecule has 1 aromatic carbocycles. The van der Waals surface area contributed by atoms with Crippen molar-refractivity contribution >= 4 is 27.3 Å². The third-order valence-corrected chi connectivity index (χ3v) is 6.40. The molecule has 0 saturated heterocycles. The number of halogens is 1. The number of hydrogen-bond acceptors (Lipinski definition) is 4. The van der Waals surface area contributed by atoms with Crippen molar-refractivity contribution in [1.82, 2.24) is 9.78 Å². The van der Waals surface area contributed by atoms with E-state index in [9.17, 15) is 8.42 Å². The summed E-state index contributed by atoms with van der Waals surface area (Å²) >= 11 is 6.04. The van der Waals surface area contributed by atoms with Gasteiger partial charge in [-0.1, -0.05) is 45.2 Å². The second-order valence-corrected chi connectivity index (χ2v) is 10.0. The summed E-state index contributed by atoms with van der Waals surface area (Å²) in [6.45, 7) is 5.90. The topological polar surface area (TPSA) is 73.2 Å². The van der Waals surface area contributed by atoms with E-state index in [2.05, 4.69) is 9.82 Å². The van der Waals surface area contributed by atoms with E-state index in [-0.39, 0.29) is 10.9 Å². The average molecular weight is 412 g/mol. The lowest BCUT2D eigenvalue weighted by atomic mass is 9.92. The van der Waals surface area contributed by atoms with Crippen molar-refractivity contribution in [1.29, 1.82) is 0 Å². The monoisotopic (exact) mass is 411 g/mol. The quantitative estimate of drug-likeness (QED) is 0.769. The Morgan fingerprint density at radius 3 is 2.52 bits per heavy atom. The molecule has 0 aliphatic heterocycles. The van der Waals surface area contributed by atoms with Crippen LogP contribution in [0.2, 0.25) is 5.02 Å². The standard InChI is InChI=1S/C19H26ClN3O3S/c1-19(2,3)18-17(12-23(21-18)14-7-5-6-8-14)27(24,25)22-15-11-13(20)9-10-16(15)26-4/h9-12,14,22H,5-8H2,1-4H3. The van der Waals surface area contributed by atoms with E-state index in [1.54, 1.807) is 18.3 Å². The highest BCUT2D eigenvalue weighted by atomic mass is 35.5. The second-order valence-electron chi connectivity index (χ2n) is 7.96. The largest absolute Gasteiger partial charge is 0.495 e. The second kappa shape index (κ2) is 7.36. The highest BCUT2D eigenvalue weighted by molar-refractivity contribution is 7.92. The molecule has 148 valence electrons. The Morgan fingerprint density at radius 1 is 1.26 bits per heavy atom. The first-order chi connectivity index (χ1) is 12.6. The number of rotatable bonds is 5. The number of hydrogen-bond donors (Lipinski definition) is 1. The molecule has 1 heterocycles. The van der Waals surface area contributed by atoms with Crippen LogP contribution in [0, 0.1) is 0 Å². The van der Waals surface area contributed by atoms with Crippen molar-refractivity contribution < 1.29 is 13.2 Å². The molecule has 27 heavy (non-hydrogen) atoms. The van der Waals surface area contributed by atoms with Crippen molar-refractivity contribution in [2.75, 3.05) is 11.8 Å². The first-order valence-corrected chi connectivity index (χ1v) is 10.9. The van der Waals surface area contributed by atoms with Crippen LogP contribution in [-0.2, 0) is 15.4 Å². The van der Waals surface area contributed by atoms with E-state index in [1.165, 1.54) is 13.2 Å². The number of aromatic nitrogens is 2. The number of anilines is 1. The van der Waals surface area contributed by atoms with Crippen molar-refractivity contribution in [3.8, 4) is 5.75 Å². The number of benzene rings is 1. The maximum Gasteiger partial charge on any atom is 0.265 e. The van der Waals surface area contributed by atoms with Crippen LogP contribution >= 0.6 is 11.6 Å². The average Bonchev–Trinajstić information content (AvgIpc) is 3.24. The van der Waals surface area contributed by atoms with Gasteiger partial charge in [0.25, 0.3) is 10.0 Å². The Hall–Kier alpha value is -1.73. The smallest absolute Gasteiger partial charge is 0.265 e. The zero-order chi connectivity index (χ0) is 19.8. The minimum atomic E-state index is -3.86. The third-order valence-electron chi connectivity index (χ3n) is 4.80. The highest BCUT2D eigenvalue weighted by Gasteiger charge is 2.32. The van der Waals surface area contributed by atoms with Gasteiger partial charge in [-0.15, -0.1) is 0 Å². The van der Waals surface area contributed by atoms with E-state index in [4.69, 9.17) is 16.3 Å². The number of nitrogens with one attached hydrogen (secondary N) is 1. The molecular formula is C19H26ClN3O3S. The Labute approximate surface area is 165 Å². The fraction of sp³-hybridized carbons (Fsp3) is 0.526. The summed E-state index contributed by atoms with van der Waals surface area (Å²) < 4.78 is 36.1. The van der Waals surface area contributed by atoms with Gasteiger partial charge in [-0.05, 0) is 31.0 Å². The van der Waals surface area contributed by atoms with Gasteiger partial charge >= 0.3 is 0 Å². The van der Waals surface area contributed by atoms with Gasteiger partial charge < -0.3 is 4.74 Å². The normalized spacial score (nSPS) is 15.9. The first kappa shape index (κ1) is 20.0. The van der Waals surface area contributed by atoms with Crippen molar-refractivity contribution in [3.63, 3.8) is 0 Å². The summed E-state index contributed by atoms with van der Waals surface area (Å²) in [4.78, 5) is 0.198. The lowest BCUT2D eigenvalue weighted by Gasteiger charge is -2.18. The SMILES string of the molecule is COc1ccc(Cl)cc1NS(=O)(=O)c1cn(C2CCCC2)nc1C(C)(C)C. The molecule has 0 unspecified atom stereocenters. The molecular weight excluding hydrogens is 386 g/mol. The van der Waals surface area contributed by atoms with Gasteiger partial charge in [0.05, 0.1) is 24.5 Å². The summed E-state index contributed by atoms with van der Waals surface area (Å²) in [6.07, 6.45) is 6.02. The highest BCUT2D eigenvalue weighted by Crippen LogP contribution is 2.35. The van der Waals surface area contributed by atoms with E-state index < -0.39 is 15.4 Å². The molecule has 1 saturated carbocycles. The van der Waals surface area contributed by atoms with Crippen LogP contribution in [0.5, 0.6) is 5.75 Å². The van der Waals surface area contributed by atoms with Crippen LogP contribution in [0.3, 0.4) is 0 Å². The Bertz CT molecular complexity index is 926. The van der Waals surface area contributed by atoms with Crippen molar-refractivity contribution in [2.45, 2.75) is 62.8 Å². The van der Waals surface area contributed by atoms with Crippen LogP contribution < -0.4 is 9.46 Å². The molecule has 1 fully saturated rings. The van der Waals surface area contributed by atoms with Crippen LogP contribution in [0.15, 0.2) is 29.3 Å². The molecule has 8 heteroatoms. The molecule has 1 aromatic heterocycles. The van der Waals surface area contributed by atoms with Gasteiger partial charge in [0.2, 0.25) is 0 Å². The van der Waals surface area contributed by atoms with Crippen molar-refractivity contribution in [3.05, 3.63) is 35.1 Å². The summed E-state index contributed by atoms with van der Waals surface area (Å²) in [6, 6.07) is 5.08. The molecule has 3 rings (SSSR count). The van der Waals surface area contributed by atoms with Crippen LogP contribution in [0.25, 0.3) is 0 Å². The lowest BCUT2D eigenvalue weighted by Crippen LogP contribution is -2.20. The summed E-state index contributed by atoms with van der Waals surface area (Å²) in [5.74, 6) is 0.406. The number of sulfonamides is 1. The van der Waals surface area contributed by atoms with Crippen molar-refractivity contribution in [2.24, 2.45) is 0 Å². The van der Waals surface area contributed by atoms with Gasteiger partial charge in [0.15, 0.2) is 0 Å². The number of nitrogens with zero attached hydrogens (tertiary/aromatic N) is 2. The fourth-order valence-corrected chi connectivity index (χ4v) is 4.99.